The number of nitrogens with one attached hydrogen (secondary N) is 1. The van der Waals surface area contributed by atoms with Gasteiger partial charge in [-0.25, -0.2) is 9.67 Å². The van der Waals surface area contributed by atoms with Crippen LogP contribution in [0.5, 0.6) is 5.75 Å². The number of nitrogens with zero attached hydrogens (tertiary/aromatic N) is 4. The average molecular weight is 426 g/mol. The van der Waals surface area contributed by atoms with E-state index in [1.54, 1.807) is 23.1 Å². The molecule has 9 heteroatoms. The highest BCUT2D eigenvalue weighted by molar-refractivity contribution is 6.31. The predicted octanol–water partition coefficient (Wildman–Crippen LogP) is 3.31. The number of hydrogen-bond acceptors (Lipinski definition) is 5. The first-order valence-electron chi connectivity index (χ1n) is 9.54. The van der Waals surface area contributed by atoms with Crippen LogP contribution in [0.25, 0.3) is 5.69 Å². The van der Waals surface area contributed by atoms with Crippen molar-refractivity contribution in [2.24, 2.45) is 5.92 Å². The number of anilines is 2. The fourth-order valence-corrected chi connectivity index (χ4v) is 3.57. The summed E-state index contributed by atoms with van der Waals surface area (Å²) in [5, 5.41) is 7.47. The van der Waals surface area contributed by atoms with E-state index in [0.717, 1.165) is 11.4 Å². The molecule has 2 aromatic carbocycles. The van der Waals surface area contributed by atoms with Gasteiger partial charge in [-0.3, -0.25) is 9.59 Å². The van der Waals surface area contributed by atoms with Gasteiger partial charge in [0.2, 0.25) is 11.8 Å². The molecule has 1 N–H and O–H groups in total. The van der Waals surface area contributed by atoms with E-state index in [1.807, 2.05) is 31.2 Å². The van der Waals surface area contributed by atoms with Crippen LogP contribution in [0.2, 0.25) is 5.02 Å². The number of ether oxygens (including phenoxy) is 1. The van der Waals surface area contributed by atoms with Gasteiger partial charge in [0.05, 0.1) is 23.9 Å². The van der Waals surface area contributed by atoms with E-state index >= 15 is 0 Å². The Labute approximate surface area is 178 Å². The Morgan fingerprint density at radius 3 is 2.77 bits per heavy atom. The summed E-state index contributed by atoms with van der Waals surface area (Å²) in [6.07, 6.45) is 3.08. The number of carbonyl (C=O) groups excluding carboxylic acids is 2. The minimum Gasteiger partial charge on any atom is -0.494 e. The zero-order chi connectivity index (χ0) is 21.1. The van der Waals surface area contributed by atoms with Crippen LogP contribution in [0, 0.1) is 5.92 Å². The average Bonchev–Trinajstić information content (AvgIpc) is 3.39. The van der Waals surface area contributed by atoms with Crippen molar-refractivity contribution in [3.63, 3.8) is 0 Å². The third-order valence-electron chi connectivity index (χ3n) is 4.84. The molecule has 30 heavy (non-hydrogen) atoms. The molecule has 154 valence electrons. The normalized spacial score (nSPS) is 16.0. The van der Waals surface area contributed by atoms with Crippen LogP contribution in [0.3, 0.4) is 0 Å². The molecule has 0 unspecified atom stereocenters. The Balaban J connectivity index is 1.49. The molecule has 2 heterocycles. The van der Waals surface area contributed by atoms with E-state index in [-0.39, 0.29) is 18.2 Å². The van der Waals surface area contributed by atoms with Crippen molar-refractivity contribution in [3.8, 4) is 11.4 Å². The van der Waals surface area contributed by atoms with Crippen LogP contribution in [0.1, 0.15) is 13.3 Å². The van der Waals surface area contributed by atoms with Crippen LogP contribution in [0.4, 0.5) is 11.4 Å². The van der Waals surface area contributed by atoms with Gasteiger partial charge < -0.3 is 15.0 Å². The minimum atomic E-state index is -0.480. The predicted molar refractivity (Wildman–Crippen MR) is 113 cm³/mol. The molecule has 8 nitrogen and oxygen atoms in total. The molecule has 1 atom stereocenters. The summed E-state index contributed by atoms with van der Waals surface area (Å²) >= 11 is 6.11. The standard InChI is InChI=1S/C21H20ClN5O3/c1-2-30-17-6-4-16(5-7-17)26-11-14(9-20(26)28)21(29)25-18-10-15(22)3-8-19(18)27-13-23-12-24-27/h3-8,10,12-14H,2,9,11H2,1H3,(H,25,29)/t14-/m0/s1. The maximum absolute atomic E-state index is 12.9. The molecule has 1 aliphatic rings. The zero-order valence-electron chi connectivity index (χ0n) is 16.3. The molecular weight excluding hydrogens is 406 g/mol. The van der Waals surface area contributed by atoms with Gasteiger partial charge in [0.1, 0.15) is 18.4 Å². The molecule has 3 aromatic rings. The molecule has 0 radical (unpaired) electrons. The maximum atomic E-state index is 12.9. The molecule has 1 aromatic heterocycles. The first-order valence-corrected chi connectivity index (χ1v) is 9.91. The number of hydrogen-bond donors (Lipinski definition) is 1. The van der Waals surface area contributed by atoms with Crippen molar-refractivity contribution in [1.29, 1.82) is 0 Å². The number of amides is 2. The fraction of sp³-hybridized carbons (Fsp3) is 0.238. The Morgan fingerprint density at radius 1 is 1.27 bits per heavy atom. The Kier molecular flexibility index (Phi) is 5.67. The van der Waals surface area contributed by atoms with Crippen molar-refractivity contribution in [3.05, 3.63) is 60.1 Å². The van der Waals surface area contributed by atoms with Gasteiger partial charge in [-0.2, -0.15) is 5.10 Å². The van der Waals surface area contributed by atoms with Crippen molar-refractivity contribution in [2.75, 3.05) is 23.4 Å². The van der Waals surface area contributed by atoms with Crippen LogP contribution in [0.15, 0.2) is 55.1 Å². The molecular formula is C21H20ClN5O3. The van der Waals surface area contributed by atoms with Gasteiger partial charge in [-0.1, -0.05) is 11.6 Å². The first kappa shape index (κ1) is 19.9. The van der Waals surface area contributed by atoms with Gasteiger partial charge in [0, 0.05) is 23.7 Å². The van der Waals surface area contributed by atoms with Crippen molar-refractivity contribution in [1.82, 2.24) is 14.8 Å². The van der Waals surface area contributed by atoms with Crippen LogP contribution >= 0.6 is 11.6 Å². The molecule has 2 amide bonds. The van der Waals surface area contributed by atoms with Gasteiger partial charge in [0.25, 0.3) is 0 Å². The second kappa shape index (κ2) is 8.54. The van der Waals surface area contributed by atoms with Crippen molar-refractivity contribution < 1.29 is 14.3 Å². The van der Waals surface area contributed by atoms with E-state index in [2.05, 4.69) is 15.4 Å². The summed E-state index contributed by atoms with van der Waals surface area (Å²) in [6.45, 7) is 2.79. The number of halogens is 1. The quantitative estimate of drug-likeness (QED) is 0.654. The van der Waals surface area contributed by atoms with Gasteiger partial charge in [0.15, 0.2) is 0 Å². The minimum absolute atomic E-state index is 0.0955. The van der Waals surface area contributed by atoms with Gasteiger partial charge >= 0.3 is 0 Å². The summed E-state index contributed by atoms with van der Waals surface area (Å²) in [5.74, 6) is -0.0854. The number of aromatic nitrogens is 3. The number of carbonyl (C=O) groups is 2. The molecule has 0 bridgehead atoms. The Morgan fingerprint density at radius 2 is 2.07 bits per heavy atom. The smallest absolute Gasteiger partial charge is 0.229 e. The summed E-state index contributed by atoms with van der Waals surface area (Å²) < 4.78 is 6.98. The summed E-state index contributed by atoms with van der Waals surface area (Å²) in [4.78, 5) is 31.0. The lowest BCUT2D eigenvalue weighted by atomic mass is 10.1. The zero-order valence-corrected chi connectivity index (χ0v) is 17.0. The van der Waals surface area contributed by atoms with Gasteiger partial charge in [-0.05, 0) is 49.4 Å². The second-order valence-electron chi connectivity index (χ2n) is 6.82. The molecule has 4 rings (SSSR count). The molecule has 1 aliphatic heterocycles. The molecule has 0 saturated carbocycles. The van der Waals surface area contributed by atoms with E-state index < -0.39 is 5.92 Å². The monoisotopic (exact) mass is 425 g/mol. The fourth-order valence-electron chi connectivity index (χ4n) is 3.40. The lowest BCUT2D eigenvalue weighted by molar-refractivity contribution is -0.122. The topological polar surface area (TPSA) is 89.3 Å². The van der Waals surface area contributed by atoms with Gasteiger partial charge in [-0.15, -0.1) is 0 Å². The molecule has 0 spiro atoms. The molecule has 1 fully saturated rings. The summed E-state index contributed by atoms with van der Waals surface area (Å²) in [5.41, 5.74) is 1.88. The highest BCUT2D eigenvalue weighted by Gasteiger charge is 2.35. The third-order valence-corrected chi connectivity index (χ3v) is 5.07. The number of benzene rings is 2. The highest BCUT2D eigenvalue weighted by atomic mass is 35.5. The Hall–Kier alpha value is -3.39. The SMILES string of the molecule is CCOc1ccc(N2C[C@@H](C(=O)Nc3cc(Cl)ccc3-n3cncn3)CC2=O)cc1. The molecule has 1 saturated heterocycles. The van der Waals surface area contributed by atoms with Crippen molar-refractivity contribution in [2.45, 2.75) is 13.3 Å². The van der Waals surface area contributed by atoms with Crippen LogP contribution < -0.4 is 15.0 Å². The lowest BCUT2D eigenvalue weighted by Gasteiger charge is -2.18. The third kappa shape index (κ3) is 4.13. The van der Waals surface area contributed by atoms with Crippen LogP contribution in [-0.2, 0) is 9.59 Å². The van der Waals surface area contributed by atoms with E-state index in [1.165, 1.54) is 17.3 Å². The van der Waals surface area contributed by atoms with Crippen LogP contribution in [-0.4, -0.2) is 39.7 Å². The highest BCUT2D eigenvalue weighted by Crippen LogP contribution is 2.29. The second-order valence-corrected chi connectivity index (χ2v) is 7.26. The summed E-state index contributed by atoms with van der Waals surface area (Å²) in [7, 11) is 0. The van der Waals surface area contributed by atoms with E-state index in [4.69, 9.17) is 16.3 Å². The summed E-state index contributed by atoms with van der Waals surface area (Å²) in [6, 6.07) is 12.4. The number of rotatable bonds is 6. The maximum Gasteiger partial charge on any atom is 0.229 e. The van der Waals surface area contributed by atoms with E-state index in [0.29, 0.717) is 29.5 Å². The molecule has 0 aliphatic carbocycles. The Bertz CT molecular complexity index is 1050. The van der Waals surface area contributed by atoms with Crippen molar-refractivity contribution >= 4 is 34.8 Å². The largest absolute Gasteiger partial charge is 0.494 e. The lowest BCUT2D eigenvalue weighted by Crippen LogP contribution is -2.28. The van der Waals surface area contributed by atoms with E-state index in [9.17, 15) is 9.59 Å². The first-order chi connectivity index (χ1) is 14.5.